The fourth-order valence-corrected chi connectivity index (χ4v) is 1.93. The van der Waals surface area contributed by atoms with Crippen molar-refractivity contribution >= 4 is 22.4 Å². The first kappa shape index (κ1) is 13.9. The molecule has 17 heavy (non-hydrogen) atoms. The highest BCUT2D eigenvalue weighted by atomic mass is 32.1. The summed E-state index contributed by atoms with van der Waals surface area (Å²) < 4.78 is 3.92. The van der Waals surface area contributed by atoms with Crippen LogP contribution in [0, 0.1) is 0 Å². The number of likely N-dealkylation sites (N-methyl/N-ethyl adjacent to an activating group) is 2. The van der Waals surface area contributed by atoms with Crippen molar-refractivity contribution in [2.75, 3.05) is 39.5 Å². The Bertz CT molecular complexity index is 365. The van der Waals surface area contributed by atoms with Crippen molar-refractivity contribution in [3.8, 4) is 0 Å². The van der Waals surface area contributed by atoms with Crippen LogP contribution < -0.4 is 5.32 Å². The van der Waals surface area contributed by atoms with Crippen molar-refractivity contribution in [2.45, 2.75) is 13.5 Å². The van der Waals surface area contributed by atoms with Gasteiger partial charge in [0, 0.05) is 38.7 Å². The van der Waals surface area contributed by atoms with Crippen LogP contribution in [-0.2, 0) is 11.3 Å². The van der Waals surface area contributed by atoms with E-state index in [-0.39, 0.29) is 5.91 Å². The molecular weight excluding hydrogens is 238 g/mol. The summed E-state index contributed by atoms with van der Waals surface area (Å²) in [5, 5.41) is 8.26. The van der Waals surface area contributed by atoms with Gasteiger partial charge < -0.3 is 10.2 Å². The highest BCUT2D eigenvalue weighted by Crippen LogP contribution is 2.18. The van der Waals surface area contributed by atoms with Gasteiger partial charge in [0.15, 0.2) is 0 Å². The van der Waals surface area contributed by atoms with E-state index in [1.165, 1.54) is 11.5 Å². The van der Waals surface area contributed by atoms with Gasteiger partial charge in [0.25, 0.3) is 0 Å². The third-order valence-electron chi connectivity index (χ3n) is 2.22. The Balaban J connectivity index is 2.52. The predicted octanol–water partition coefficient (Wildman–Crippen LogP) is 0.490. The van der Waals surface area contributed by atoms with E-state index in [4.69, 9.17) is 0 Å². The first-order valence-corrected chi connectivity index (χ1v) is 6.25. The summed E-state index contributed by atoms with van der Waals surface area (Å²) in [6, 6.07) is 0. The molecule has 1 amide bonds. The smallest absolute Gasteiger partial charge is 0.236 e. The highest BCUT2D eigenvalue weighted by molar-refractivity contribution is 7.10. The maximum atomic E-state index is 11.5. The molecule has 7 heteroatoms. The molecule has 0 saturated heterocycles. The highest BCUT2D eigenvalue weighted by Gasteiger charge is 2.13. The molecule has 0 aromatic carbocycles. The van der Waals surface area contributed by atoms with Gasteiger partial charge in [0.05, 0.1) is 6.54 Å². The molecule has 1 aromatic rings. The number of anilines is 1. The quantitative estimate of drug-likeness (QED) is 0.803. The second-order valence-corrected chi connectivity index (χ2v) is 4.79. The van der Waals surface area contributed by atoms with Crippen LogP contribution in [0.25, 0.3) is 0 Å². The molecule has 0 aliphatic carbocycles. The number of aromatic nitrogens is 2. The van der Waals surface area contributed by atoms with Gasteiger partial charge in [-0.3, -0.25) is 9.69 Å². The molecule has 1 rings (SSSR count). The van der Waals surface area contributed by atoms with E-state index >= 15 is 0 Å². The molecule has 0 unspecified atom stereocenters. The first-order valence-electron chi connectivity index (χ1n) is 5.48. The van der Waals surface area contributed by atoms with Gasteiger partial charge in [-0.15, -0.1) is 5.10 Å². The number of nitrogens with zero attached hydrogens (tertiary/aromatic N) is 4. The molecule has 0 saturated carbocycles. The summed E-state index contributed by atoms with van der Waals surface area (Å²) in [6.07, 6.45) is 0. The fraction of sp³-hybridized carbons (Fsp3) is 0.700. The van der Waals surface area contributed by atoms with Crippen LogP contribution in [0.1, 0.15) is 12.6 Å². The summed E-state index contributed by atoms with van der Waals surface area (Å²) in [5.41, 5.74) is 0.894. The second-order valence-electron chi connectivity index (χ2n) is 4.04. The summed E-state index contributed by atoms with van der Waals surface area (Å²) >= 11 is 1.35. The average Bonchev–Trinajstić information content (AvgIpc) is 2.66. The molecule has 1 N–H and O–H groups in total. The Morgan fingerprint density at radius 1 is 1.41 bits per heavy atom. The molecule has 0 aliphatic rings. The molecule has 0 spiro atoms. The van der Waals surface area contributed by atoms with E-state index in [0.29, 0.717) is 13.1 Å². The van der Waals surface area contributed by atoms with Gasteiger partial charge in [0.2, 0.25) is 5.91 Å². The molecule has 0 atom stereocenters. The first-order chi connectivity index (χ1) is 8.04. The van der Waals surface area contributed by atoms with Crippen LogP contribution in [-0.4, -0.2) is 59.5 Å². The van der Waals surface area contributed by atoms with Crippen molar-refractivity contribution in [1.29, 1.82) is 0 Å². The van der Waals surface area contributed by atoms with Gasteiger partial charge in [-0.2, -0.15) is 0 Å². The number of hydrogen-bond acceptors (Lipinski definition) is 6. The van der Waals surface area contributed by atoms with E-state index in [0.717, 1.165) is 17.2 Å². The van der Waals surface area contributed by atoms with E-state index in [1.807, 2.05) is 18.9 Å². The van der Waals surface area contributed by atoms with Crippen LogP contribution in [0.3, 0.4) is 0 Å². The SMILES string of the molecule is CCNc1snnc1CN(C)CC(=O)N(C)C. The third kappa shape index (κ3) is 4.27. The zero-order valence-corrected chi connectivity index (χ0v) is 11.5. The van der Waals surface area contributed by atoms with E-state index in [1.54, 1.807) is 19.0 Å². The number of amides is 1. The normalized spacial score (nSPS) is 10.6. The minimum absolute atomic E-state index is 0.0840. The Kier molecular flexibility index (Phi) is 5.30. The summed E-state index contributed by atoms with van der Waals surface area (Å²) in [7, 11) is 5.41. The fourth-order valence-electron chi connectivity index (χ4n) is 1.29. The van der Waals surface area contributed by atoms with Gasteiger partial charge >= 0.3 is 0 Å². The largest absolute Gasteiger partial charge is 0.374 e. The summed E-state index contributed by atoms with van der Waals surface area (Å²) in [5.74, 6) is 0.0840. The molecule has 0 radical (unpaired) electrons. The van der Waals surface area contributed by atoms with Crippen LogP contribution >= 0.6 is 11.5 Å². The minimum atomic E-state index is 0.0840. The number of carbonyl (C=O) groups is 1. The summed E-state index contributed by atoms with van der Waals surface area (Å²) in [4.78, 5) is 15.0. The van der Waals surface area contributed by atoms with Gasteiger partial charge in [0.1, 0.15) is 10.7 Å². The molecule has 0 bridgehead atoms. The monoisotopic (exact) mass is 257 g/mol. The Labute approximate surface area is 106 Å². The maximum Gasteiger partial charge on any atom is 0.236 e. The van der Waals surface area contributed by atoms with Crippen LogP contribution in [0.4, 0.5) is 5.00 Å². The number of rotatable bonds is 6. The number of nitrogens with one attached hydrogen (secondary N) is 1. The van der Waals surface area contributed by atoms with Gasteiger partial charge in [-0.05, 0) is 14.0 Å². The average molecular weight is 257 g/mol. The molecule has 0 fully saturated rings. The lowest BCUT2D eigenvalue weighted by atomic mass is 10.4. The van der Waals surface area contributed by atoms with Crippen LogP contribution in [0.5, 0.6) is 0 Å². The lowest BCUT2D eigenvalue weighted by molar-refractivity contribution is -0.129. The van der Waals surface area contributed by atoms with Gasteiger partial charge in [-0.25, -0.2) is 0 Å². The topological polar surface area (TPSA) is 61.4 Å². The standard InChI is InChI=1S/C10H19N5OS/c1-5-11-10-8(12-13-17-10)6-15(4)7-9(16)14(2)3/h11H,5-7H2,1-4H3. The number of carbonyl (C=O) groups excluding carboxylic acids is 1. The third-order valence-corrected chi connectivity index (χ3v) is 2.94. The van der Waals surface area contributed by atoms with E-state index < -0.39 is 0 Å². The van der Waals surface area contributed by atoms with Crippen LogP contribution in [0.15, 0.2) is 0 Å². The zero-order chi connectivity index (χ0) is 12.8. The van der Waals surface area contributed by atoms with E-state index in [2.05, 4.69) is 14.9 Å². The van der Waals surface area contributed by atoms with Crippen molar-refractivity contribution in [2.24, 2.45) is 0 Å². The van der Waals surface area contributed by atoms with Gasteiger partial charge in [-0.1, -0.05) is 4.49 Å². The van der Waals surface area contributed by atoms with E-state index in [9.17, 15) is 4.79 Å². The molecule has 96 valence electrons. The lowest BCUT2D eigenvalue weighted by Gasteiger charge is -2.18. The molecule has 1 heterocycles. The predicted molar refractivity (Wildman–Crippen MR) is 69.1 cm³/mol. The second kappa shape index (κ2) is 6.51. The van der Waals surface area contributed by atoms with Crippen molar-refractivity contribution in [3.63, 3.8) is 0 Å². The number of hydrogen-bond donors (Lipinski definition) is 1. The van der Waals surface area contributed by atoms with Crippen molar-refractivity contribution < 1.29 is 4.79 Å². The minimum Gasteiger partial charge on any atom is -0.374 e. The Hall–Kier alpha value is -1.21. The molecular formula is C10H19N5OS. The molecule has 1 aromatic heterocycles. The summed E-state index contributed by atoms with van der Waals surface area (Å²) in [6.45, 7) is 3.88. The van der Waals surface area contributed by atoms with Crippen LogP contribution in [0.2, 0.25) is 0 Å². The maximum absolute atomic E-state index is 11.5. The van der Waals surface area contributed by atoms with Crippen molar-refractivity contribution in [3.05, 3.63) is 5.69 Å². The molecule has 6 nitrogen and oxygen atoms in total. The van der Waals surface area contributed by atoms with Crippen molar-refractivity contribution in [1.82, 2.24) is 19.4 Å². The Morgan fingerprint density at radius 2 is 2.12 bits per heavy atom. The molecule has 0 aliphatic heterocycles. The zero-order valence-electron chi connectivity index (χ0n) is 10.7. The lowest BCUT2D eigenvalue weighted by Crippen LogP contribution is -2.34. The Morgan fingerprint density at radius 3 is 2.71 bits per heavy atom.